The molecule has 1 heterocycles. The van der Waals surface area contributed by atoms with Crippen LogP contribution in [0.5, 0.6) is 0 Å². The topological polar surface area (TPSA) is 58.6 Å². The third-order valence-electron chi connectivity index (χ3n) is 2.62. The van der Waals surface area contributed by atoms with Crippen molar-refractivity contribution in [1.82, 2.24) is 5.32 Å². The number of hydrogen-bond donors (Lipinski definition) is 2. The zero-order chi connectivity index (χ0) is 11.4. The molecule has 0 aromatic heterocycles. The molecule has 2 atom stereocenters. The molecular weight excluding hydrogens is 206 g/mol. The molecule has 4 heteroatoms. The van der Waals surface area contributed by atoms with Crippen molar-refractivity contribution in [3.63, 3.8) is 0 Å². The fourth-order valence-electron chi connectivity index (χ4n) is 1.76. The Bertz CT molecular complexity index is 353. The number of carbonyl (C=O) groups excluding carboxylic acids is 1. The monoisotopic (exact) mass is 221 g/mol. The Labute approximate surface area is 94.2 Å². The fourth-order valence-corrected chi connectivity index (χ4v) is 1.76. The summed E-state index contributed by atoms with van der Waals surface area (Å²) in [5.74, 6) is -0.320. The van der Waals surface area contributed by atoms with Crippen molar-refractivity contribution in [2.45, 2.75) is 25.2 Å². The zero-order valence-corrected chi connectivity index (χ0v) is 8.93. The van der Waals surface area contributed by atoms with Gasteiger partial charge in [0, 0.05) is 13.0 Å². The molecule has 2 unspecified atom stereocenters. The van der Waals surface area contributed by atoms with Crippen LogP contribution in [0.25, 0.3) is 0 Å². The van der Waals surface area contributed by atoms with Gasteiger partial charge in [-0.25, -0.2) is 4.79 Å². The molecule has 0 radical (unpaired) electrons. The van der Waals surface area contributed by atoms with Crippen molar-refractivity contribution in [3.05, 3.63) is 35.9 Å². The number of nitrogens with one attached hydrogen (secondary N) is 1. The summed E-state index contributed by atoms with van der Waals surface area (Å²) in [5, 5.41) is 12.2. The highest BCUT2D eigenvalue weighted by Crippen LogP contribution is 2.13. The number of piperidine rings is 1. The van der Waals surface area contributed by atoms with E-state index in [9.17, 15) is 9.90 Å². The van der Waals surface area contributed by atoms with Gasteiger partial charge in [0.15, 0.2) is 0 Å². The third kappa shape index (κ3) is 2.81. The second-order valence-electron chi connectivity index (χ2n) is 3.89. The Morgan fingerprint density at radius 1 is 1.38 bits per heavy atom. The molecule has 1 fully saturated rings. The van der Waals surface area contributed by atoms with E-state index in [4.69, 9.17) is 4.74 Å². The zero-order valence-electron chi connectivity index (χ0n) is 8.93. The molecular formula is C12H15NO3. The van der Waals surface area contributed by atoms with Gasteiger partial charge in [-0.1, -0.05) is 18.2 Å². The van der Waals surface area contributed by atoms with Gasteiger partial charge >= 0.3 is 5.97 Å². The lowest BCUT2D eigenvalue weighted by molar-refractivity contribution is -0.00718. The summed E-state index contributed by atoms with van der Waals surface area (Å²) in [4.78, 5) is 11.7. The van der Waals surface area contributed by atoms with E-state index in [0.29, 0.717) is 18.5 Å². The number of ether oxygens (including phenoxy) is 1. The Morgan fingerprint density at radius 3 is 2.81 bits per heavy atom. The first-order valence-electron chi connectivity index (χ1n) is 5.43. The first kappa shape index (κ1) is 11.1. The highest BCUT2D eigenvalue weighted by molar-refractivity contribution is 5.89. The molecule has 0 bridgehead atoms. The number of carbonyl (C=O) groups is 1. The van der Waals surface area contributed by atoms with Gasteiger partial charge in [0.2, 0.25) is 0 Å². The molecule has 86 valence electrons. The smallest absolute Gasteiger partial charge is 0.338 e. The Morgan fingerprint density at radius 2 is 2.12 bits per heavy atom. The normalized spacial score (nSPS) is 25.1. The van der Waals surface area contributed by atoms with Crippen molar-refractivity contribution < 1.29 is 14.6 Å². The van der Waals surface area contributed by atoms with E-state index >= 15 is 0 Å². The third-order valence-corrected chi connectivity index (χ3v) is 2.62. The van der Waals surface area contributed by atoms with Crippen LogP contribution in [0.2, 0.25) is 0 Å². The number of rotatable bonds is 2. The summed E-state index contributed by atoms with van der Waals surface area (Å²) in [6, 6.07) is 8.90. The van der Waals surface area contributed by atoms with E-state index in [1.807, 2.05) is 6.07 Å². The Balaban J connectivity index is 1.92. The standard InChI is InChI=1S/C12H15NO3/c14-11-8-10(6-7-13-11)16-12(15)9-4-2-1-3-5-9/h1-5,10-11,13-14H,6-8H2. The number of hydrogen-bond acceptors (Lipinski definition) is 4. The summed E-state index contributed by atoms with van der Waals surface area (Å²) >= 11 is 0. The van der Waals surface area contributed by atoms with E-state index < -0.39 is 6.23 Å². The molecule has 1 saturated heterocycles. The van der Waals surface area contributed by atoms with Crippen molar-refractivity contribution >= 4 is 5.97 Å². The number of aliphatic hydroxyl groups is 1. The quantitative estimate of drug-likeness (QED) is 0.729. The van der Waals surface area contributed by atoms with Crippen LogP contribution in [-0.4, -0.2) is 30.0 Å². The van der Waals surface area contributed by atoms with Gasteiger partial charge in [-0.2, -0.15) is 0 Å². The SMILES string of the molecule is O=C(OC1CCNC(O)C1)c1ccccc1. The molecule has 1 aromatic carbocycles. The molecule has 0 saturated carbocycles. The van der Waals surface area contributed by atoms with Crippen LogP contribution in [-0.2, 0) is 4.74 Å². The molecule has 1 aliphatic heterocycles. The Hall–Kier alpha value is -1.39. The lowest BCUT2D eigenvalue weighted by atomic mass is 10.1. The van der Waals surface area contributed by atoms with Crippen LogP contribution in [0, 0.1) is 0 Å². The number of benzene rings is 1. The van der Waals surface area contributed by atoms with Crippen LogP contribution in [0.15, 0.2) is 30.3 Å². The molecule has 0 aliphatic carbocycles. The highest BCUT2D eigenvalue weighted by Gasteiger charge is 2.23. The van der Waals surface area contributed by atoms with Crippen molar-refractivity contribution in [1.29, 1.82) is 0 Å². The largest absolute Gasteiger partial charge is 0.459 e. The molecule has 0 amide bonds. The molecule has 16 heavy (non-hydrogen) atoms. The van der Waals surface area contributed by atoms with E-state index in [0.717, 1.165) is 6.42 Å². The average molecular weight is 221 g/mol. The van der Waals surface area contributed by atoms with E-state index in [2.05, 4.69) is 5.32 Å². The molecule has 1 aromatic rings. The summed E-state index contributed by atoms with van der Waals surface area (Å²) in [7, 11) is 0. The van der Waals surface area contributed by atoms with Crippen LogP contribution in [0.1, 0.15) is 23.2 Å². The highest BCUT2D eigenvalue weighted by atomic mass is 16.5. The van der Waals surface area contributed by atoms with Crippen LogP contribution in [0.3, 0.4) is 0 Å². The lowest BCUT2D eigenvalue weighted by Crippen LogP contribution is -2.41. The number of esters is 1. The van der Waals surface area contributed by atoms with Crippen LogP contribution >= 0.6 is 0 Å². The predicted octanol–water partition coefficient (Wildman–Crippen LogP) is 0.914. The van der Waals surface area contributed by atoms with E-state index in [1.165, 1.54) is 0 Å². The van der Waals surface area contributed by atoms with Gasteiger partial charge in [0.05, 0.1) is 5.56 Å². The minimum atomic E-state index is -0.567. The van der Waals surface area contributed by atoms with Crippen LogP contribution in [0.4, 0.5) is 0 Å². The maximum absolute atomic E-state index is 11.7. The van der Waals surface area contributed by atoms with Gasteiger partial charge in [-0.3, -0.25) is 5.32 Å². The maximum atomic E-state index is 11.7. The fraction of sp³-hybridized carbons (Fsp3) is 0.417. The second kappa shape index (κ2) is 5.09. The van der Waals surface area contributed by atoms with Crippen molar-refractivity contribution in [3.8, 4) is 0 Å². The van der Waals surface area contributed by atoms with Crippen molar-refractivity contribution in [2.75, 3.05) is 6.54 Å². The summed E-state index contributed by atoms with van der Waals surface area (Å²) in [5.41, 5.74) is 0.551. The maximum Gasteiger partial charge on any atom is 0.338 e. The summed E-state index contributed by atoms with van der Waals surface area (Å²) < 4.78 is 5.31. The second-order valence-corrected chi connectivity index (χ2v) is 3.89. The van der Waals surface area contributed by atoms with Crippen LogP contribution < -0.4 is 5.32 Å². The minimum absolute atomic E-state index is 0.191. The summed E-state index contributed by atoms with van der Waals surface area (Å²) in [6.07, 6.45) is 0.445. The molecule has 1 aliphatic rings. The molecule has 0 spiro atoms. The summed E-state index contributed by atoms with van der Waals surface area (Å²) in [6.45, 7) is 0.675. The first-order valence-corrected chi connectivity index (χ1v) is 5.43. The molecule has 4 nitrogen and oxygen atoms in total. The van der Waals surface area contributed by atoms with Gasteiger partial charge < -0.3 is 9.84 Å². The van der Waals surface area contributed by atoms with E-state index in [1.54, 1.807) is 24.3 Å². The van der Waals surface area contributed by atoms with Gasteiger partial charge in [-0.05, 0) is 18.6 Å². The number of aliphatic hydroxyl groups excluding tert-OH is 1. The Kier molecular flexibility index (Phi) is 3.54. The molecule has 2 N–H and O–H groups in total. The van der Waals surface area contributed by atoms with Crippen molar-refractivity contribution in [2.24, 2.45) is 0 Å². The van der Waals surface area contributed by atoms with E-state index in [-0.39, 0.29) is 12.1 Å². The first-order chi connectivity index (χ1) is 7.75. The minimum Gasteiger partial charge on any atom is -0.459 e. The predicted molar refractivity (Wildman–Crippen MR) is 58.9 cm³/mol. The van der Waals surface area contributed by atoms with Gasteiger partial charge in [-0.15, -0.1) is 0 Å². The van der Waals surface area contributed by atoms with Gasteiger partial charge in [0.25, 0.3) is 0 Å². The average Bonchev–Trinajstić information content (AvgIpc) is 2.30. The van der Waals surface area contributed by atoms with Gasteiger partial charge in [0.1, 0.15) is 12.3 Å². The molecule has 2 rings (SSSR count). The lowest BCUT2D eigenvalue weighted by Gasteiger charge is -2.26.